The number of alkyl halides is 2. The molecule has 0 unspecified atom stereocenters. The molecule has 1 aromatic heterocycles. The number of piperazine rings is 1. The number of hydrogen-bond acceptors (Lipinski definition) is 6. The topological polar surface area (TPSA) is 63.9 Å². The van der Waals surface area contributed by atoms with Gasteiger partial charge < -0.3 is 20.1 Å². The van der Waals surface area contributed by atoms with Crippen LogP contribution < -0.4 is 15.4 Å². The molecule has 2 rings (SSSR count). The second-order valence-electron chi connectivity index (χ2n) is 5.52. The van der Waals surface area contributed by atoms with E-state index in [9.17, 15) is 8.78 Å². The van der Waals surface area contributed by atoms with Crippen molar-refractivity contribution in [3.05, 3.63) is 18.3 Å². The van der Waals surface area contributed by atoms with Crippen LogP contribution in [-0.4, -0.2) is 75.4 Å². The summed E-state index contributed by atoms with van der Waals surface area (Å²) < 4.78 is 36.2. The first kappa shape index (κ1) is 25.5. The highest BCUT2D eigenvalue weighted by Crippen LogP contribution is 2.19. The Morgan fingerprint density at radius 3 is 2.26 bits per heavy atom. The third-order valence-electron chi connectivity index (χ3n) is 3.78. The number of hydrogen-bond donors (Lipinski definition) is 1. The molecule has 1 aromatic rings. The summed E-state index contributed by atoms with van der Waals surface area (Å²) in [6, 6.07) is 3.45. The average Bonchev–Trinajstić information content (AvgIpc) is 2.74. The van der Waals surface area contributed by atoms with Gasteiger partial charge in [0.05, 0.1) is 19.3 Å². The Bertz CT molecular complexity index is 474. The summed E-state index contributed by atoms with van der Waals surface area (Å²) in [5.74, 6) is -1.87. The van der Waals surface area contributed by atoms with Crippen molar-refractivity contribution in [2.45, 2.75) is 33.6 Å². The van der Waals surface area contributed by atoms with Gasteiger partial charge in [0.15, 0.2) is 6.61 Å². The highest BCUT2D eigenvalue weighted by molar-refractivity contribution is 5.41. The Balaban J connectivity index is 0. The van der Waals surface area contributed by atoms with E-state index in [1.165, 1.54) is 6.20 Å². The Morgan fingerprint density at radius 1 is 1.15 bits per heavy atom. The molecule has 0 spiro atoms. The number of nitrogens with two attached hydrogens (primary N) is 1. The summed E-state index contributed by atoms with van der Waals surface area (Å²) in [5.41, 5.74) is 4.97. The molecule has 0 saturated carbocycles. The lowest BCUT2D eigenvalue weighted by Gasteiger charge is -2.35. The fourth-order valence-electron chi connectivity index (χ4n) is 2.31. The minimum Gasteiger partial charge on any atom is -0.486 e. The maximum absolute atomic E-state index is 13.0. The number of methoxy groups -OCH3 is 1. The number of anilines is 1. The summed E-state index contributed by atoms with van der Waals surface area (Å²) in [7, 11) is 1.70. The molecule has 1 saturated heterocycles. The van der Waals surface area contributed by atoms with E-state index in [0.29, 0.717) is 5.75 Å². The van der Waals surface area contributed by atoms with Crippen molar-refractivity contribution in [3.63, 3.8) is 0 Å². The van der Waals surface area contributed by atoms with E-state index in [2.05, 4.69) is 14.8 Å². The molecule has 0 aromatic carbocycles. The molecule has 1 aliphatic rings. The number of halogens is 2. The molecular formula is C19H38F2N4O2. The number of nitrogens with zero attached hydrogens (tertiary/aromatic N) is 3. The van der Waals surface area contributed by atoms with Crippen LogP contribution in [0.4, 0.5) is 14.6 Å². The van der Waals surface area contributed by atoms with Gasteiger partial charge >= 0.3 is 0 Å². The molecular weight excluding hydrogens is 354 g/mol. The van der Waals surface area contributed by atoms with Crippen LogP contribution in [0, 0.1) is 0 Å². The van der Waals surface area contributed by atoms with Crippen molar-refractivity contribution in [2.24, 2.45) is 5.73 Å². The molecule has 27 heavy (non-hydrogen) atoms. The van der Waals surface area contributed by atoms with Gasteiger partial charge in [0.25, 0.3) is 5.92 Å². The molecule has 1 aliphatic heterocycles. The van der Waals surface area contributed by atoms with Crippen LogP contribution in [0.25, 0.3) is 0 Å². The van der Waals surface area contributed by atoms with Crippen LogP contribution >= 0.6 is 0 Å². The molecule has 0 radical (unpaired) electrons. The van der Waals surface area contributed by atoms with Crippen LogP contribution in [0.2, 0.25) is 0 Å². The SMILES string of the molecule is CC.CC.COCCN1CCN(c2ccc(OCC(F)(F)CN)cn2)CC1.[HH]. The Hall–Kier alpha value is -1.51. The van der Waals surface area contributed by atoms with Crippen molar-refractivity contribution in [3.8, 4) is 5.75 Å². The Morgan fingerprint density at radius 2 is 1.78 bits per heavy atom. The van der Waals surface area contributed by atoms with Crippen molar-refractivity contribution >= 4 is 5.82 Å². The van der Waals surface area contributed by atoms with Crippen LogP contribution in [0.1, 0.15) is 29.1 Å². The first-order valence-electron chi connectivity index (χ1n) is 9.67. The minimum absolute atomic E-state index is 0. The van der Waals surface area contributed by atoms with E-state index in [0.717, 1.165) is 45.1 Å². The standard InChI is InChI=1S/C15H24F2N4O2.2C2H6.H2/c1-22-9-8-20-4-6-21(7-5-20)14-3-2-13(10-19-14)23-12-15(16,17)11-18;2*1-2;/h2-3,10H,4-9,11-12,18H2,1H3;2*1-2H3;1H. The zero-order valence-corrected chi connectivity index (χ0v) is 17.4. The van der Waals surface area contributed by atoms with Gasteiger partial charge in [-0.1, -0.05) is 27.7 Å². The fraction of sp³-hybridized carbons (Fsp3) is 0.737. The van der Waals surface area contributed by atoms with Gasteiger partial charge in [0.1, 0.15) is 11.6 Å². The molecule has 0 bridgehead atoms. The van der Waals surface area contributed by atoms with E-state index in [-0.39, 0.29) is 1.43 Å². The second kappa shape index (κ2) is 14.5. The first-order valence-corrected chi connectivity index (χ1v) is 9.67. The molecule has 2 N–H and O–H groups in total. The van der Waals surface area contributed by atoms with Crippen LogP contribution in [0.3, 0.4) is 0 Å². The van der Waals surface area contributed by atoms with Gasteiger partial charge in [-0.2, -0.15) is 0 Å². The van der Waals surface area contributed by atoms with E-state index >= 15 is 0 Å². The van der Waals surface area contributed by atoms with E-state index in [4.69, 9.17) is 15.2 Å². The summed E-state index contributed by atoms with van der Waals surface area (Å²) in [4.78, 5) is 8.81. The molecule has 0 amide bonds. The van der Waals surface area contributed by atoms with Crippen LogP contribution in [-0.2, 0) is 4.74 Å². The molecule has 2 heterocycles. The first-order chi connectivity index (χ1) is 13.0. The lowest BCUT2D eigenvalue weighted by Crippen LogP contribution is -2.47. The third kappa shape index (κ3) is 9.83. The quantitative estimate of drug-likeness (QED) is 0.733. The highest BCUT2D eigenvalue weighted by Gasteiger charge is 2.27. The van der Waals surface area contributed by atoms with Crippen molar-refractivity contribution in [2.75, 3.05) is 64.5 Å². The Labute approximate surface area is 164 Å². The van der Waals surface area contributed by atoms with E-state index < -0.39 is 19.1 Å². The summed E-state index contributed by atoms with van der Waals surface area (Å²) in [6.07, 6.45) is 1.47. The van der Waals surface area contributed by atoms with Crippen LogP contribution in [0.15, 0.2) is 18.3 Å². The Kier molecular flexibility index (Phi) is 13.7. The molecule has 0 atom stereocenters. The molecule has 6 nitrogen and oxygen atoms in total. The molecule has 8 heteroatoms. The summed E-state index contributed by atoms with van der Waals surface area (Å²) in [6.45, 7) is 11.9. The lowest BCUT2D eigenvalue weighted by molar-refractivity contribution is -0.0320. The molecule has 160 valence electrons. The largest absolute Gasteiger partial charge is 0.486 e. The van der Waals surface area contributed by atoms with Gasteiger partial charge in [0.2, 0.25) is 0 Å². The maximum Gasteiger partial charge on any atom is 0.293 e. The minimum atomic E-state index is -3.02. The van der Waals surface area contributed by atoms with Crippen molar-refractivity contribution in [1.29, 1.82) is 0 Å². The van der Waals surface area contributed by atoms with E-state index in [1.807, 2.05) is 27.7 Å². The third-order valence-corrected chi connectivity index (χ3v) is 3.78. The van der Waals surface area contributed by atoms with Crippen LogP contribution in [0.5, 0.6) is 5.75 Å². The van der Waals surface area contributed by atoms with Gasteiger partial charge in [-0.05, 0) is 12.1 Å². The number of ether oxygens (including phenoxy) is 2. The van der Waals surface area contributed by atoms with Crippen molar-refractivity contribution < 1.29 is 19.7 Å². The van der Waals surface area contributed by atoms with Gasteiger partial charge in [-0.15, -0.1) is 0 Å². The number of pyridine rings is 1. The summed E-state index contributed by atoms with van der Waals surface area (Å²) >= 11 is 0. The average molecular weight is 393 g/mol. The molecule has 1 fully saturated rings. The van der Waals surface area contributed by atoms with Gasteiger partial charge in [-0.3, -0.25) is 4.90 Å². The fourth-order valence-corrected chi connectivity index (χ4v) is 2.31. The summed E-state index contributed by atoms with van der Waals surface area (Å²) in [5, 5.41) is 0. The van der Waals surface area contributed by atoms with Crippen molar-refractivity contribution in [1.82, 2.24) is 9.88 Å². The van der Waals surface area contributed by atoms with Gasteiger partial charge in [-0.25, -0.2) is 13.8 Å². The number of aromatic nitrogens is 1. The smallest absolute Gasteiger partial charge is 0.293 e. The monoisotopic (exact) mass is 392 g/mol. The second-order valence-corrected chi connectivity index (χ2v) is 5.52. The lowest BCUT2D eigenvalue weighted by atomic mass is 10.3. The normalized spacial score (nSPS) is 14.6. The molecule has 0 aliphatic carbocycles. The van der Waals surface area contributed by atoms with E-state index in [1.54, 1.807) is 19.2 Å². The zero-order chi connectivity index (χ0) is 20.7. The highest BCUT2D eigenvalue weighted by atomic mass is 19.3. The predicted octanol–water partition coefficient (Wildman–Crippen LogP) is 3.12. The van der Waals surface area contributed by atoms with Gasteiger partial charge in [0, 0.05) is 41.3 Å². The number of rotatable bonds is 8. The predicted molar refractivity (Wildman–Crippen MR) is 109 cm³/mol. The maximum atomic E-state index is 13.0. The zero-order valence-electron chi connectivity index (χ0n) is 17.4.